The Labute approximate surface area is 60.9 Å². The van der Waals surface area contributed by atoms with Crippen LogP contribution < -0.4 is 4.83 Å². The largest absolute Gasteiger partial charge is 0.346 e. The van der Waals surface area contributed by atoms with Crippen molar-refractivity contribution in [2.24, 2.45) is 0 Å². The Kier molecular flexibility index (Phi) is 3.80. The lowest BCUT2D eigenvalue weighted by Crippen LogP contribution is -2.41. The lowest BCUT2D eigenvalue weighted by molar-refractivity contribution is 0.254. The van der Waals surface area contributed by atoms with Crippen molar-refractivity contribution in [2.45, 2.75) is 13.8 Å². The zero-order valence-electron chi connectivity index (χ0n) is 6.03. The van der Waals surface area contributed by atoms with E-state index in [1.807, 2.05) is 4.83 Å². The summed E-state index contributed by atoms with van der Waals surface area (Å²) >= 11 is 0. The van der Waals surface area contributed by atoms with E-state index in [-0.39, 0.29) is 0 Å². The molecular weight excluding hydrogens is 156 g/mol. The zero-order valence-corrected chi connectivity index (χ0v) is 6.85. The molecule has 0 aromatic heterocycles. The van der Waals surface area contributed by atoms with Crippen molar-refractivity contribution in [2.75, 3.05) is 13.1 Å². The standard InChI is InChI=1S/C4H12N2O3S/c1-3-6(4-2)5-10(7,8)9/h5H,3-4H2,1-2H3,(H,7,8,9). The molecule has 0 bridgehead atoms. The van der Waals surface area contributed by atoms with Gasteiger partial charge < -0.3 is 0 Å². The SMILES string of the molecule is CCN(CC)NS(=O)(=O)O. The van der Waals surface area contributed by atoms with E-state index in [0.717, 1.165) is 0 Å². The Morgan fingerprint density at radius 2 is 1.80 bits per heavy atom. The second kappa shape index (κ2) is 3.87. The summed E-state index contributed by atoms with van der Waals surface area (Å²) in [6.07, 6.45) is 0. The smallest absolute Gasteiger partial charge is 0.273 e. The molecule has 0 fully saturated rings. The Morgan fingerprint density at radius 3 is 1.90 bits per heavy atom. The van der Waals surface area contributed by atoms with Gasteiger partial charge in [-0.05, 0) is 0 Å². The summed E-state index contributed by atoms with van der Waals surface area (Å²) in [7, 11) is -4.07. The first-order valence-corrected chi connectivity index (χ1v) is 4.43. The number of hydrogen-bond acceptors (Lipinski definition) is 3. The average molecular weight is 168 g/mol. The molecule has 0 aliphatic rings. The van der Waals surface area contributed by atoms with E-state index in [4.69, 9.17) is 4.55 Å². The third-order valence-electron chi connectivity index (χ3n) is 1.01. The maximum absolute atomic E-state index is 10.2. The molecular formula is C4H12N2O3S. The molecule has 0 saturated heterocycles. The minimum atomic E-state index is -4.07. The van der Waals surface area contributed by atoms with Crippen LogP contribution in [0.5, 0.6) is 0 Å². The molecule has 0 aliphatic heterocycles. The van der Waals surface area contributed by atoms with Crippen LogP contribution in [0.3, 0.4) is 0 Å². The maximum Gasteiger partial charge on any atom is 0.346 e. The number of hydrazine groups is 1. The topological polar surface area (TPSA) is 69.6 Å². The monoisotopic (exact) mass is 168 g/mol. The third kappa shape index (κ3) is 4.68. The predicted octanol–water partition coefficient (Wildman–Crippen LogP) is -0.364. The van der Waals surface area contributed by atoms with Gasteiger partial charge in [0.15, 0.2) is 0 Å². The van der Waals surface area contributed by atoms with E-state index >= 15 is 0 Å². The van der Waals surface area contributed by atoms with E-state index in [1.54, 1.807) is 13.8 Å². The van der Waals surface area contributed by atoms with Crippen molar-refractivity contribution in [3.63, 3.8) is 0 Å². The number of nitrogens with one attached hydrogen (secondary N) is 1. The van der Waals surface area contributed by atoms with E-state index in [0.29, 0.717) is 13.1 Å². The predicted molar refractivity (Wildman–Crippen MR) is 37.6 cm³/mol. The Morgan fingerprint density at radius 1 is 1.40 bits per heavy atom. The van der Waals surface area contributed by atoms with E-state index in [2.05, 4.69) is 0 Å². The van der Waals surface area contributed by atoms with E-state index < -0.39 is 10.3 Å². The highest BCUT2D eigenvalue weighted by Gasteiger charge is 2.06. The molecule has 0 unspecified atom stereocenters. The molecule has 2 N–H and O–H groups in total. The van der Waals surface area contributed by atoms with Crippen LogP contribution in [-0.2, 0) is 10.3 Å². The van der Waals surface area contributed by atoms with Gasteiger partial charge in [-0.15, -0.1) is 4.83 Å². The van der Waals surface area contributed by atoms with Crippen LogP contribution in [0.4, 0.5) is 0 Å². The Hall–Kier alpha value is -0.170. The highest BCUT2D eigenvalue weighted by atomic mass is 32.2. The lowest BCUT2D eigenvalue weighted by atomic mass is 10.6. The molecule has 62 valence electrons. The summed E-state index contributed by atoms with van der Waals surface area (Å²) in [6.45, 7) is 4.61. The number of hydrogen-bond donors (Lipinski definition) is 2. The van der Waals surface area contributed by atoms with Crippen molar-refractivity contribution in [1.82, 2.24) is 9.84 Å². The van der Waals surface area contributed by atoms with Crippen LogP contribution in [0.25, 0.3) is 0 Å². The number of rotatable bonds is 4. The first-order valence-electron chi connectivity index (χ1n) is 2.99. The van der Waals surface area contributed by atoms with Crippen LogP contribution in [0.2, 0.25) is 0 Å². The highest BCUT2D eigenvalue weighted by molar-refractivity contribution is 7.83. The fourth-order valence-corrected chi connectivity index (χ4v) is 1.10. The van der Waals surface area contributed by atoms with Gasteiger partial charge in [0.1, 0.15) is 0 Å². The minimum absolute atomic E-state index is 0.524. The molecule has 0 aromatic rings. The van der Waals surface area contributed by atoms with Crippen molar-refractivity contribution in [3.05, 3.63) is 0 Å². The van der Waals surface area contributed by atoms with Gasteiger partial charge in [-0.1, -0.05) is 13.8 Å². The summed E-state index contributed by atoms with van der Waals surface area (Å²) in [5.74, 6) is 0. The van der Waals surface area contributed by atoms with Crippen molar-refractivity contribution in [3.8, 4) is 0 Å². The Bertz CT molecular complexity index is 173. The van der Waals surface area contributed by atoms with Gasteiger partial charge in [0, 0.05) is 13.1 Å². The van der Waals surface area contributed by atoms with Gasteiger partial charge in [0.2, 0.25) is 0 Å². The van der Waals surface area contributed by atoms with E-state index in [1.165, 1.54) is 5.01 Å². The van der Waals surface area contributed by atoms with Crippen LogP contribution in [0.1, 0.15) is 13.8 Å². The molecule has 10 heavy (non-hydrogen) atoms. The molecule has 0 atom stereocenters. The fourth-order valence-electron chi connectivity index (χ4n) is 0.516. The van der Waals surface area contributed by atoms with Crippen molar-refractivity contribution >= 4 is 10.3 Å². The van der Waals surface area contributed by atoms with E-state index in [9.17, 15) is 8.42 Å². The van der Waals surface area contributed by atoms with Gasteiger partial charge >= 0.3 is 10.3 Å². The van der Waals surface area contributed by atoms with Crippen molar-refractivity contribution < 1.29 is 13.0 Å². The summed E-state index contributed by atoms with van der Waals surface area (Å²) in [4.78, 5) is 1.92. The molecule has 0 aromatic carbocycles. The average Bonchev–Trinajstić information content (AvgIpc) is 1.81. The molecule has 0 aliphatic carbocycles. The molecule has 0 radical (unpaired) electrons. The summed E-state index contributed by atoms with van der Waals surface area (Å²) in [6, 6.07) is 0. The van der Waals surface area contributed by atoms with Crippen molar-refractivity contribution in [1.29, 1.82) is 0 Å². The molecule has 0 amide bonds. The molecule has 0 spiro atoms. The highest BCUT2D eigenvalue weighted by Crippen LogP contribution is 1.82. The molecule has 5 nitrogen and oxygen atoms in total. The quantitative estimate of drug-likeness (QED) is 0.444. The second-order valence-electron chi connectivity index (χ2n) is 1.74. The fraction of sp³-hybridized carbons (Fsp3) is 1.00. The summed E-state index contributed by atoms with van der Waals surface area (Å²) in [5.41, 5.74) is 0. The lowest BCUT2D eigenvalue weighted by Gasteiger charge is -2.15. The molecule has 6 heteroatoms. The third-order valence-corrected chi connectivity index (χ3v) is 1.50. The Balaban J connectivity index is 3.87. The molecule has 0 heterocycles. The van der Waals surface area contributed by atoms with Gasteiger partial charge in [-0.3, -0.25) is 4.55 Å². The normalized spacial score (nSPS) is 12.4. The number of nitrogens with zero attached hydrogens (tertiary/aromatic N) is 1. The summed E-state index contributed by atoms with van der Waals surface area (Å²) < 4.78 is 28.6. The summed E-state index contributed by atoms with van der Waals surface area (Å²) in [5, 5.41) is 1.37. The van der Waals surface area contributed by atoms with Crippen LogP contribution in [0, 0.1) is 0 Å². The van der Waals surface area contributed by atoms with Crippen LogP contribution in [0.15, 0.2) is 0 Å². The zero-order chi connectivity index (χ0) is 8.20. The van der Waals surface area contributed by atoms with Crippen LogP contribution >= 0.6 is 0 Å². The van der Waals surface area contributed by atoms with Gasteiger partial charge in [-0.2, -0.15) is 8.42 Å². The second-order valence-corrected chi connectivity index (χ2v) is 2.87. The van der Waals surface area contributed by atoms with Gasteiger partial charge in [0.25, 0.3) is 0 Å². The molecule has 0 rings (SSSR count). The maximum atomic E-state index is 10.2. The minimum Gasteiger partial charge on any atom is -0.273 e. The van der Waals surface area contributed by atoms with Crippen LogP contribution in [-0.4, -0.2) is 31.1 Å². The van der Waals surface area contributed by atoms with Gasteiger partial charge in [-0.25, -0.2) is 5.01 Å². The first kappa shape index (κ1) is 9.83. The molecule has 0 saturated carbocycles. The first-order chi connectivity index (χ1) is 4.49. The van der Waals surface area contributed by atoms with Gasteiger partial charge in [0.05, 0.1) is 0 Å².